The van der Waals surface area contributed by atoms with Gasteiger partial charge in [0.15, 0.2) is 0 Å². The molecule has 0 spiro atoms. The molecule has 2 fully saturated rings. The van der Waals surface area contributed by atoms with Gasteiger partial charge in [0.25, 0.3) is 0 Å². The number of nitrogens with one attached hydrogen (secondary N) is 1. The monoisotopic (exact) mass is 226 g/mol. The standard InChI is InChI=1S/C13H26N2O/c1-2-15(12-7-8-14-11-12)9-3-5-13-6-4-10-16-13/h12-14H,2-11H2,1H3. The predicted octanol–water partition coefficient (Wildman–Crippen LogP) is 1.63. The zero-order chi connectivity index (χ0) is 11.2. The molecule has 2 aliphatic heterocycles. The Labute approximate surface area is 99.5 Å². The van der Waals surface area contributed by atoms with Crippen LogP contribution in [0.3, 0.4) is 0 Å². The maximum absolute atomic E-state index is 5.66. The van der Waals surface area contributed by atoms with Gasteiger partial charge in [0.1, 0.15) is 0 Å². The Morgan fingerprint density at radius 2 is 2.31 bits per heavy atom. The molecule has 2 heterocycles. The molecule has 0 saturated carbocycles. The Hall–Kier alpha value is -0.120. The molecule has 2 atom stereocenters. The number of ether oxygens (including phenoxy) is 1. The lowest BCUT2D eigenvalue weighted by Crippen LogP contribution is -2.37. The third-order valence-electron chi connectivity index (χ3n) is 3.95. The van der Waals surface area contributed by atoms with Gasteiger partial charge in [-0.3, -0.25) is 4.90 Å². The van der Waals surface area contributed by atoms with Crippen molar-refractivity contribution in [2.24, 2.45) is 0 Å². The van der Waals surface area contributed by atoms with Crippen molar-refractivity contribution in [3.8, 4) is 0 Å². The second-order valence-corrected chi connectivity index (χ2v) is 5.05. The highest BCUT2D eigenvalue weighted by Crippen LogP contribution is 2.17. The van der Waals surface area contributed by atoms with E-state index in [1.165, 1.54) is 58.3 Å². The number of hydrogen-bond acceptors (Lipinski definition) is 3. The van der Waals surface area contributed by atoms with Gasteiger partial charge < -0.3 is 10.1 Å². The highest BCUT2D eigenvalue weighted by Gasteiger charge is 2.21. The number of rotatable bonds is 6. The molecule has 2 rings (SSSR count). The van der Waals surface area contributed by atoms with Gasteiger partial charge in [-0.15, -0.1) is 0 Å². The van der Waals surface area contributed by atoms with Crippen LogP contribution in [-0.2, 0) is 4.74 Å². The van der Waals surface area contributed by atoms with E-state index in [0.717, 1.165) is 12.6 Å². The lowest BCUT2D eigenvalue weighted by Gasteiger charge is -2.27. The van der Waals surface area contributed by atoms with Gasteiger partial charge in [-0.05, 0) is 51.7 Å². The van der Waals surface area contributed by atoms with Crippen LogP contribution in [0.1, 0.15) is 39.0 Å². The van der Waals surface area contributed by atoms with Crippen LogP contribution in [0.4, 0.5) is 0 Å². The summed E-state index contributed by atoms with van der Waals surface area (Å²) < 4.78 is 5.66. The van der Waals surface area contributed by atoms with E-state index < -0.39 is 0 Å². The Kier molecular flexibility index (Phi) is 5.07. The van der Waals surface area contributed by atoms with E-state index in [1.807, 2.05) is 0 Å². The summed E-state index contributed by atoms with van der Waals surface area (Å²) in [5, 5.41) is 3.45. The van der Waals surface area contributed by atoms with Crippen molar-refractivity contribution in [2.45, 2.75) is 51.2 Å². The number of hydrogen-bond donors (Lipinski definition) is 1. The number of nitrogens with zero attached hydrogens (tertiary/aromatic N) is 1. The zero-order valence-corrected chi connectivity index (χ0v) is 10.6. The molecule has 2 saturated heterocycles. The van der Waals surface area contributed by atoms with Gasteiger partial charge in [0.2, 0.25) is 0 Å². The van der Waals surface area contributed by atoms with Crippen LogP contribution < -0.4 is 5.32 Å². The average molecular weight is 226 g/mol. The van der Waals surface area contributed by atoms with E-state index in [4.69, 9.17) is 4.74 Å². The van der Waals surface area contributed by atoms with Crippen LogP contribution in [0, 0.1) is 0 Å². The van der Waals surface area contributed by atoms with Crippen molar-refractivity contribution in [3.05, 3.63) is 0 Å². The van der Waals surface area contributed by atoms with Crippen molar-refractivity contribution in [1.82, 2.24) is 10.2 Å². The van der Waals surface area contributed by atoms with E-state index in [1.54, 1.807) is 0 Å². The summed E-state index contributed by atoms with van der Waals surface area (Å²) in [6.07, 6.45) is 7.02. The first-order valence-corrected chi connectivity index (χ1v) is 6.96. The summed E-state index contributed by atoms with van der Waals surface area (Å²) in [7, 11) is 0. The topological polar surface area (TPSA) is 24.5 Å². The van der Waals surface area contributed by atoms with Gasteiger partial charge in [0.05, 0.1) is 6.10 Å². The molecule has 2 unspecified atom stereocenters. The van der Waals surface area contributed by atoms with Crippen LogP contribution in [0.2, 0.25) is 0 Å². The molecule has 16 heavy (non-hydrogen) atoms. The van der Waals surface area contributed by atoms with Gasteiger partial charge in [-0.2, -0.15) is 0 Å². The van der Waals surface area contributed by atoms with Crippen LogP contribution >= 0.6 is 0 Å². The van der Waals surface area contributed by atoms with Crippen molar-refractivity contribution < 1.29 is 4.74 Å². The molecule has 2 aliphatic rings. The highest BCUT2D eigenvalue weighted by molar-refractivity contribution is 4.80. The molecule has 0 aliphatic carbocycles. The molecule has 0 amide bonds. The number of likely N-dealkylation sites (N-methyl/N-ethyl adjacent to an activating group) is 1. The van der Waals surface area contributed by atoms with Gasteiger partial charge in [-0.1, -0.05) is 6.92 Å². The molecular weight excluding hydrogens is 200 g/mol. The second-order valence-electron chi connectivity index (χ2n) is 5.05. The van der Waals surface area contributed by atoms with E-state index in [9.17, 15) is 0 Å². The lowest BCUT2D eigenvalue weighted by molar-refractivity contribution is 0.0968. The molecule has 0 radical (unpaired) electrons. The van der Waals surface area contributed by atoms with Crippen LogP contribution in [0.5, 0.6) is 0 Å². The minimum Gasteiger partial charge on any atom is -0.378 e. The summed E-state index contributed by atoms with van der Waals surface area (Å²) in [6.45, 7) is 8.11. The van der Waals surface area contributed by atoms with Crippen molar-refractivity contribution >= 4 is 0 Å². The molecule has 3 heteroatoms. The Morgan fingerprint density at radius 1 is 1.38 bits per heavy atom. The largest absolute Gasteiger partial charge is 0.378 e. The minimum atomic E-state index is 0.570. The van der Waals surface area contributed by atoms with E-state index in [2.05, 4.69) is 17.1 Å². The van der Waals surface area contributed by atoms with E-state index in [-0.39, 0.29) is 0 Å². The predicted molar refractivity (Wildman–Crippen MR) is 66.7 cm³/mol. The maximum atomic E-state index is 5.66. The summed E-state index contributed by atoms with van der Waals surface area (Å²) in [6, 6.07) is 0.787. The third-order valence-corrected chi connectivity index (χ3v) is 3.95. The first kappa shape index (κ1) is 12.3. The minimum absolute atomic E-state index is 0.570. The normalized spacial score (nSPS) is 30.4. The quantitative estimate of drug-likeness (QED) is 0.745. The van der Waals surface area contributed by atoms with Crippen LogP contribution in [-0.4, -0.2) is 49.8 Å². The second kappa shape index (κ2) is 6.58. The Morgan fingerprint density at radius 3 is 2.94 bits per heavy atom. The fourth-order valence-corrected chi connectivity index (χ4v) is 2.94. The molecule has 3 nitrogen and oxygen atoms in total. The molecule has 1 N–H and O–H groups in total. The molecule has 94 valence electrons. The van der Waals surface area contributed by atoms with Gasteiger partial charge in [-0.25, -0.2) is 0 Å². The van der Waals surface area contributed by atoms with Crippen molar-refractivity contribution in [3.63, 3.8) is 0 Å². The smallest absolute Gasteiger partial charge is 0.0576 e. The lowest BCUT2D eigenvalue weighted by atomic mass is 10.1. The molecule has 0 bridgehead atoms. The third kappa shape index (κ3) is 3.44. The fraction of sp³-hybridized carbons (Fsp3) is 1.00. The maximum Gasteiger partial charge on any atom is 0.0576 e. The highest BCUT2D eigenvalue weighted by atomic mass is 16.5. The summed E-state index contributed by atoms with van der Waals surface area (Å²) in [4.78, 5) is 2.63. The van der Waals surface area contributed by atoms with Crippen molar-refractivity contribution in [1.29, 1.82) is 0 Å². The average Bonchev–Trinajstić information content (AvgIpc) is 2.96. The van der Waals surface area contributed by atoms with Gasteiger partial charge in [0, 0.05) is 19.2 Å². The summed E-state index contributed by atoms with van der Waals surface area (Å²) in [5.41, 5.74) is 0. The van der Waals surface area contributed by atoms with Crippen LogP contribution in [0.25, 0.3) is 0 Å². The van der Waals surface area contributed by atoms with Crippen LogP contribution in [0.15, 0.2) is 0 Å². The first-order valence-electron chi connectivity index (χ1n) is 6.96. The molecule has 0 aromatic carbocycles. The zero-order valence-electron chi connectivity index (χ0n) is 10.6. The Balaban J connectivity index is 1.62. The first-order chi connectivity index (χ1) is 7.90. The Bertz CT molecular complexity index is 186. The fourth-order valence-electron chi connectivity index (χ4n) is 2.94. The molecule has 0 aromatic heterocycles. The molecular formula is C13H26N2O. The molecule has 0 aromatic rings. The summed E-state index contributed by atoms with van der Waals surface area (Å²) >= 11 is 0. The summed E-state index contributed by atoms with van der Waals surface area (Å²) in [5.74, 6) is 0. The van der Waals surface area contributed by atoms with E-state index in [0.29, 0.717) is 6.10 Å². The van der Waals surface area contributed by atoms with E-state index >= 15 is 0 Å². The van der Waals surface area contributed by atoms with Gasteiger partial charge >= 0.3 is 0 Å². The van der Waals surface area contributed by atoms with Crippen molar-refractivity contribution in [2.75, 3.05) is 32.8 Å². The SMILES string of the molecule is CCN(CCCC1CCCO1)C1CCNC1.